The third kappa shape index (κ3) is 2.75. The first-order valence-corrected chi connectivity index (χ1v) is 11.7. The molecular formula is C21H28N2O3S. The molecule has 5 aliphatic rings. The molecule has 1 atom stereocenters. The van der Waals surface area contributed by atoms with E-state index in [-0.39, 0.29) is 10.3 Å². The maximum absolute atomic E-state index is 13.0. The van der Waals surface area contributed by atoms with Crippen LogP contribution in [0.5, 0.6) is 0 Å². The van der Waals surface area contributed by atoms with Crippen LogP contribution >= 0.6 is 0 Å². The standard InChI is InChI=1S/C21H28N2O3S/c22-20(24)19-2-1-7-23(19)27(25,26)18-5-3-17(4-6-18)21-11-14-8-15(12-21)10-16(9-14)13-21/h3-6,14-16,19H,1-2,7-13H2,(H2,22,24)/t14?,15?,16?,19-,21?/m0/s1. The van der Waals surface area contributed by atoms with Gasteiger partial charge in [-0.2, -0.15) is 4.31 Å². The zero-order valence-electron chi connectivity index (χ0n) is 15.6. The summed E-state index contributed by atoms with van der Waals surface area (Å²) in [5.41, 5.74) is 6.99. The van der Waals surface area contributed by atoms with Crippen molar-refractivity contribution in [3.05, 3.63) is 29.8 Å². The number of benzene rings is 1. The summed E-state index contributed by atoms with van der Waals surface area (Å²) in [4.78, 5) is 11.9. The van der Waals surface area contributed by atoms with Crippen LogP contribution in [0.15, 0.2) is 29.2 Å². The number of hydrogen-bond acceptors (Lipinski definition) is 3. The minimum absolute atomic E-state index is 0.264. The van der Waals surface area contributed by atoms with Gasteiger partial charge in [0, 0.05) is 6.54 Å². The van der Waals surface area contributed by atoms with Gasteiger partial charge in [0.15, 0.2) is 0 Å². The molecule has 1 heterocycles. The lowest BCUT2D eigenvalue weighted by atomic mass is 9.48. The molecule has 4 saturated carbocycles. The Morgan fingerprint density at radius 1 is 1.00 bits per heavy atom. The van der Waals surface area contributed by atoms with Crippen LogP contribution < -0.4 is 5.73 Å². The third-order valence-electron chi connectivity index (χ3n) is 7.64. The van der Waals surface area contributed by atoms with Crippen molar-refractivity contribution in [2.45, 2.75) is 67.7 Å². The van der Waals surface area contributed by atoms with Crippen LogP contribution in [0.3, 0.4) is 0 Å². The molecule has 0 unspecified atom stereocenters. The van der Waals surface area contributed by atoms with E-state index >= 15 is 0 Å². The number of primary amides is 1. The van der Waals surface area contributed by atoms with Gasteiger partial charge >= 0.3 is 0 Å². The van der Waals surface area contributed by atoms with Gasteiger partial charge in [0.2, 0.25) is 15.9 Å². The zero-order valence-corrected chi connectivity index (χ0v) is 16.5. The highest BCUT2D eigenvalue weighted by atomic mass is 32.2. The fraction of sp³-hybridized carbons (Fsp3) is 0.667. The van der Waals surface area contributed by atoms with Crippen molar-refractivity contribution in [2.24, 2.45) is 23.5 Å². The zero-order chi connectivity index (χ0) is 18.8. The van der Waals surface area contributed by atoms with E-state index in [0.29, 0.717) is 19.4 Å². The van der Waals surface area contributed by atoms with Gasteiger partial charge in [0.25, 0.3) is 0 Å². The van der Waals surface area contributed by atoms with E-state index in [0.717, 1.165) is 17.8 Å². The Balaban J connectivity index is 1.43. The van der Waals surface area contributed by atoms with E-state index in [4.69, 9.17) is 5.73 Å². The molecule has 0 aromatic heterocycles. The van der Waals surface area contributed by atoms with Gasteiger partial charge in [0.1, 0.15) is 6.04 Å². The number of hydrogen-bond donors (Lipinski definition) is 1. The van der Waals surface area contributed by atoms with Gasteiger partial charge in [-0.1, -0.05) is 12.1 Å². The van der Waals surface area contributed by atoms with Crippen molar-refractivity contribution >= 4 is 15.9 Å². The Morgan fingerprint density at radius 2 is 1.56 bits per heavy atom. The summed E-state index contributed by atoms with van der Waals surface area (Å²) >= 11 is 0. The quantitative estimate of drug-likeness (QED) is 0.861. The van der Waals surface area contributed by atoms with Gasteiger partial charge in [-0.3, -0.25) is 4.79 Å². The molecular weight excluding hydrogens is 360 g/mol. The first-order chi connectivity index (χ1) is 12.9. The molecule has 1 aliphatic heterocycles. The first-order valence-electron chi connectivity index (χ1n) is 10.3. The molecule has 146 valence electrons. The van der Waals surface area contributed by atoms with Crippen molar-refractivity contribution in [3.63, 3.8) is 0 Å². The Hall–Kier alpha value is -1.40. The van der Waals surface area contributed by atoms with Crippen molar-refractivity contribution in [1.82, 2.24) is 4.31 Å². The van der Waals surface area contributed by atoms with E-state index in [1.165, 1.54) is 48.4 Å². The molecule has 2 N–H and O–H groups in total. The van der Waals surface area contributed by atoms with Crippen LogP contribution in [-0.2, 0) is 20.2 Å². The van der Waals surface area contributed by atoms with Gasteiger partial charge in [0.05, 0.1) is 4.90 Å². The fourth-order valence-electron chi connectivity index (χ4n) is 6.89. The van der Waals surface area contributed by atoms with E-state index < -0.39 is 22.0 Å². The molecule has 1 aromatic carbocycles. The summed E-state index contributed by atoms with van der Waals surface area (Å²) in [5.74, 6) is 2.03. The smallest absolute Gasteiger partial charge is 0.243 e. The number of rotatable bonds is 4. The van der Waals surface area contributed by atoms with Crippen molar-refractivity contribution < 1.29 is 13.2 Å². The number of carbonyl (C=O) groups excluding carboxylic acids is 1. The van der Waals surface area contributed by atoms with Crippen LogP contribution in [-0.4, -0.2) is 31.2 Å². The number of sulfonamides is 1. The molecule has 4 bridgehead atoms. The van der Waals surface area contributed by atoms with Crippen LogP contribution in [0.1, 0.15) is 56.9 Å². The summed E-state index contributed by atoms with van der Waals surface area (Å²) in [5, 5.41) is 0. The number of amides is 1. The van der Waals surface area contributed by atoms with Crippen LogP contribution in [0.2, 0.25) is 0 Å². The van der Waals surface area contributed by atoms with Gasteiger partial charge < -0.3 is 5.73 Å². The molecule has 1 saturated heterocycles. The number of nitrogens with zero attached hydrogens (tertiary/aromatic N) is 1. The number of carbonyl (C=O) groups is 1. The molecule has 5 nitrogen and oxygen atoms in total. The molecule has 1 aromatic rings. The van der Waals surface area contributed by atoms with E-state index in [9.17, 15) is 13.2 Å². The predicted octanol–water partition coefficient (Wildman–Crippen LogP) is 2.79. The molecule has 1 amide bonds. The lowest BCUT2D eigenvalue weighted by molar-refractivity contribution is -0.121. The highest BCUT2D eigenvalue weighted by molar-refractivity contribution is 7.89. The lowest BCUT2D eigenvalue weighted by Crippen LogP contribution is -2.48. The maximum atomic E-state index is 13.0. The van der Waals surface area contributed by atoms with Gasteiger partial charge in [-0.05, 0) is 92.2 Å². The Labute approximate surface area is 161 Å². The maximum Gasteiger partial charge on any atom is 0.243 e. The second-order valence-corrected chi connectivity index (χ2v) is 11.3. The summed E-state index contributed by atoms with van der Waals surface area (Å²) in [6.45, 7) is 0.368. The molecule has 0 radical (unpaired) electrons. The van der Waals surface area contributed by atoms with Crippen LogP contribution in [0, 0.1) is 17.8 Å². The lowest BCUT2D eigenvalue weighted by Gasteiger charge is -2.57. The minimum Gasteiger partial charge on any atom is -0.368 e. The Kier molecular flexibility index (Phi) is 3.96. The molecule has 5 fully saturated rings. The Morgan fingerprint density at radius 3 is 2.07 bits per heavy atom. The van der Waals surface area contributed by atoms with Crippen molar-refractivity contribution in [1.29, 1.82) is 0 Å². The highest BCUT2D eigenvalue weighted by Gasteiger charge is 2.51. The van der Waals surface area contributed by atoms with Crippen molar-refractivity contribution in [2.75, 3.05) is 6.54 Å². The molecule has 6 rings (SSSR count). The third-order valence-corrected chi connectivity index (χ3v) is 9.57. The molecule has 6 heteroatoms. The molecule has 4 aliphatic carbocycles. The minimum atomic E-state index is -3.67. The largest absolute Gasteiger partial charge is 0.368 e. The first kappa shape index (κ1) is 17.7. The van der Waals surface area contributed by atoms with Gasteiger partial charge in [-0.25, -0.2) is 8.42 Å². The normalized spacial score (nSPS) is 38.4. The molecule has 27 heavy (non-hydrogen) atoms. The summed E-state index contributed by atoms with van der Waals surface area (Å²) in [7, 11) is -3.67. The summed E-state index contributed by atoms with van der Waals surface area (Å²) in [6.07, 6.45) is 9.18. The van der Waals surface area contributed by atoms with Crippen molar-refractivity contribution in [3.8, 4) is 0 Å². The van der Waals surface area contributed by atoms with Crippen LogP contribution in [0.25, 0.3) is 0 Å². The van der Waals surface area contributed by atoms with E-state index in [2.05, 4.69) is 0 Å². The summed E-state index contributed by atoms with van der Waals surface area (Å²) < 4.78 is 27.3. The SMILES string of the molecule is NC(=O)[C@@H]1CCCN1S(=O)(=O)c1ccc(C23CC4CC(CC(C4)C2)C3)cc1. The highest BCUT2D eigenvalue weighted by Crippen LogP contribution is 2.60. The average Bonchev–Trinajstić information content (AvgIpc) is 3.12. The predicted molar refractivity (Wildman–Crippen MR) is 102 cm³/mol. The second kappa shape index (κ2) is 6.05. The average molecular weight is 389 g/mol. The van der Waals surface area contributed by atoms with Gasteiger partial charge in [-0.15, -0.1) is 0 Å². The summed E-state index contributed by atoms with van der Waals surface area (Å²) in [6, 6.07) is 6.86. The topological polar surface area (TPSA) is 80.5 Å². The fourth-order valence-corrected chi connectivity index (χ4v) is 8.56. The van der Waals surface area contributed by atoms with Crippen LogP contribution in [0.4, 0.5) is 0 Å². The monoisotopic (exact) mass is 388 g/mol. The second-order valence-electron chi connectivity index (χ2n) is 9.40. The Bertz CT molecular complexity index is 827. The van der Waals surface area contributed by atoms with E-state index in [1.807, 2.05) is 12.1 Å². The number of nitrogens with two attached hydrogens (primary N) is 1. The van der Waals surface area contributed by atoms with E-state index in [1.54, 1.807) is 12.1 Å². The molecule has 0 spiro atoms.